The minimum Gasteiger partial charge on any atom is -0.331 e. The molecule has 0 aliphatic carbocycles. The Balaban J connectivity index is 0.000000210. The van der Waals surface area contributed by atoms with Crippen molar-refractivity contribution in [1.82, 2.24) is 10.6 Å². The van der Waals surface area contributed by atoms with Crippen LogP contribution in [-0.4, -0.2) is 32.7 Å². The van der Waals surface area contributed by atoms with Gasteiger partial charge in [-0.2, -0.15) is 0 Å². The minimum absolute atomic E-state index is 0.750. The van der Waals surface area contributed by atoms with E-state index in [4.69, 9.17) is 5.73 Å². The molecule has 0 spiro atoms. The number of nitrogens with two attached hydrogens (primary N) is 1. The normalized spacial score (nSPS) is 20.4. The quantitative estimate of drug-likeness (QED) is 0.574. The second-order valence-electron chi connectivity index (χ2n) is 4.03. The highest BCUT2D eigenvalue weighted by molar-refractivity contribution is 4.55. The fourth-order valence-corrected chi connectivity index (χ4v) is 1.60. The van der Waals surface area contributed by atoms with Gasteiger partial charge in [0, 0.05) is 0 Å². The summed E-state index contributed by atoms with van der Waals surface area (Å²) in [5.41, 5.74) is 4.85. The fraction of sp³-hybridized carbons (Fsp3) is 1.00. The monoisotopic (exact) mass is 215 g/mol. The zero-order chi connectivity index (χ0) is 11.2. The molecule has 2 heterocycles. The van der Waals surface area contributed by atoms with E-state index in [1.807, 2.05) is 6.92 Å². The first-order chi connectivity index (χ1) is 7.41. The standard InChI is InChI=1S/2C5H11N.C2H7N/c2*1-2-4-6-5-3-1;1-2-3/h2*6H,1-5H2;2-3H2,1H3. The van der Waals surface area contributed by atoms with E-state index in [0.717, 1.165) is 6.54 Å². The van der Waals surface area contributed by atoms with Crippen molar-refractivity contribution in [3.63, 3.8) is 0 Å². The lowest BCUT2D eigenvalue weighted by atomic mass is 10.2. The fourth-order valence-electron chi connectivity index (χ4n) is 1.60. The van der Waals surface area contributed by atoms with E-state index >= 15 is 0 Å². The first kappa shape index (κ1) is 14.9. The van der Waals surface area contributed by atoms with Gasteiger partial charge in [0.2, 0.25) is 0 Å². The summed E-state index contributed by atoms with van der Waals surface area (Å²) in [6.07, 6.45) is 8.43. The molecule has 4 N–H and O–H groups in total. The van der Waals surface area contributed by atoms with Crippen molar-refractivity contribution < 1.29 is 0 Å². The van der Waals surface area contributed by atoms with Gasteiger partial charge in [0.15, 0.2) is 0 Å². The molecule has 0 radical (unpaired) electrons. The lowest BCUT2D eigenvalue weighted by Crippen LogP contribution is -2.21. The highest BCUT2D eigenvalue weighted by Gasteiger charge is 1.94. The summed E-state index contributed by atoms with van der Waals surface area (Å²) in [6.45, 7) is 7.65. The van der Waals surface area contributed by atoms with E-state index in [9.17, 15) is 0 Å². The van der Waals surface area contributed by atoms with E-state index in [1.165, 1.54) is 64.7 Å². The van der Waals surface area contributed by atoms with Gasteiger partial charge >= 0.3 is 0 Å². The molecule has 0 amide bonds. The molecule has 0 atom stereocenters. The van der Waals surface area contributed by atoms with Gasteiger partial charge < -0.3 is 16.4 Å². The predicted octanol–water partition coefficient (Wildman–Crippen LogP) is 1.48. The average Bonchev–Trinajstić information content (AvgIpc) is 2.35. The molecule has 3 heteroatoms. The molecular weight excluding hydrogens is 186 g/mol. The van der Waals surface area contributed by atoms with Crippen LogP contribution in [0.1, 0.15) is 45.4 Å². The summed E-state index contributed by atoms with van der Waals surface area (Å²) in [4.78, 5) is 0. The third-order valence-electron chi connectivity index (χ3n) is 2.41. The number of nitrogens with one attached hydrogen (secondary N) is 2. The number of hydrogen-bond acceptors (Lipinski definition) is 3. The molecular formula is C12H29N3. The summed E-state index contributed by atoms with van der Waals surface area (Å²) in [5, 5.41) is 6.57. The number of rotatable bonds is 0. The number of hydrogen-bond donors (Lipinski definition) is 3. The molecule has 92 valence electrons. The smallest absolute Gasteiger partial charge is 0.00489 e. The molecule has 2 saturated heterocycles. The molecule has 2 rings (SSSR count). The van der Waals surface area contributed by atoms with Crippen molar-refractivity contribution in [3.05, 3.63) is 0 Å². The maximum absolute atomic E-state index is 4.85. The molecule has 2 aliphatic heterocycles. The lowest BCUT2D eigenvalue weighted by Gasteiger charge is -2.08. The molecule has 3 nitrogen and oxygen atoms in total. The van der Waals surface area contributed by atoms with E-state index in [2.05, 4.69) is 10.6 Å². The molecule has 0 aromatic carbocycles. The van der Waals surface area contributed by atoms with Crippen LogP contribution in [-0.2, 0) is 0 Å². The van der Waals surface area contributed by atoms with E-state index in [1.54, 1.807) is 0 Å². The number of piperidine rings is 2. The van der Waals surface area contributed by atoms with Crippen molar-refractivity contribution in [3.8, 4) is 0 Å². The second kappa shape index (κ2) is 13.9. The Morgan fingerprint density at radius 3 is 1.07 bits per heavy atom. The van der Waals surface area contributed by atoms with Gasteiger partial charge in [-0.15, -0.1) is 0 Å². The molecule has 0 aromatic rings. The third-order valence-corrected chi connectivity index (χ3v) is 2.41. The van der Waals surface area contributed by atoms with Crippen LogP contribution in [0.4, 0.5) is 0 Å². The van der Waals surface area contributed by atoms with Crippen LogP contribution in [0.3, 0.4) is 0 Å². The molecule has 2 aliphatic rings. The minimum atomic E-state index is 0.750. The van der Waals surface area contributed by atoms with Gasteiger partial charge in [-0.3, -0.25) is 0 Å². The van der Waals surface area contributed by atoms with Gasteiger partial charge in [-0.25, -0.2) is 0 Å². The molecule has 0 aromatic heterocycles. The van der Waals surface area contributed by atoms with Crippen molar-refractivity contribution in [2.75, 3.05) is 32.7 Å². The molecule has 0 unspecified atom stereocenters. The Kier molecular flexibility index (Phi) is 13.8. The average molecular weight is 215 g/mol. The van der Waals surface area contributed by atoms with Gasteiger partial charge in [-0.1, -0.05) is 19.8 Å². The topological polar surface area (TPSA) is 50.1 Å². The van der Waals surface area contributed by atoms with Gasteiger partial charge in [0.25, 0.3) is 0 Å². The van der Waals surface area contributed by atoms with Crippen LogP contribution in [0.25, 0.3) is 0 Å². The van der Waals surface area contributed by atoms with Gasteiger partial charge in [0.05, 0.1) is 0 Å². The maximum atomic E-state index is 4.85. The maximum Gasteiger partial charge on any atom is -0.00489 e. The Morgan fingerprint density at radius 2 is 1.00 bits per heavy atom. The Morgan fingerprint density at radius 1 is 0.733 bits per heavy atom. The van der Waals surface area contributed by atoms with Crippen molar-refractivity contribution in [2.45, 2.75) is 45.4 Å². The van der Waals surface area contributed by atoms with Crippen LogP contribution in [0, 0.1) is 0 Å². The summed E-state index contributed by atoms with van der Waals surface area (Å²) in [6, 6.07) is 0. The van der Waals surface area contributed by atoms with Crippen LogP contribution in [0.5, 0.6) is 0 Å². The lowest BCUT2D eigenvalue weighted by molar-refractivity contribution is 0.520. The van der Waals surface area contributed by atoms with Crippen molar-refractivity contribution in [2.24, 2.45) is 5.73 Å². The van der Waals surface area contributed by atoms with Gasteiger partial charge in [0.1, 0.15) is 0 Å². The molecule has 0 saturated carbocycles. The van der Waals surface area contributed by atoms with Gasteiger partial charge in [-0.05, 0) is 58.4 Å². The summed E-state index contributed by atoms with van der Waals surface area (Å²) < 4.78 is 0. The molecule has 0 bridgehead atoms. The van der Waals surface area contributed by atoms with E-state index in [0.29, 0.717) is 0 Å². The third kappa shape index (κ3) is 13.9. The van der Waals surface area contributed by atoms with Crippen LogP contribution in [0.2, 0.25) is 0 Å². The first-order valence-corrected chi connectivity index (χ1v) is 6.53. The zero-order valence-corrected chi connectivity index (χ0v) is 10.4. The summed E-state index contributed by atoms with van der Waals surface area (Å²) >= 11 is 0. The van der Waals surface area contributed by atoms with Crippen LogP contribution >= 0.6 is 0 Å². The Hall–Kier alpha value is -0.120. The predicted molar refractivity (Wildman–Crippen MR) is 68.2 cm³/mol. The highest BCUT2D eigenvalue weighted by Crippen LogP contribution is 1.97. The Bertz CT molecular complexity index is 64.0. The van der Waals surface area contributed by atoms with Crippen LogP contribution < -0.4 is 16.4 Å². The largest absolute Gasteiger partial charge is 0.331 e. The SMILES string of the molecule is C1CCNCC1.C1CCNCC1.CCN. The van der Waals surface area contributed by atoms with E-state index in [-0.39, 0.29) is 0 Å². The summed E-state index contributed by atoms with van der Waals surface area (Å²) in [5.74, 6) is 0. The van der Waals surface area contributed by atoms with E-state index < -0.39 is 0 Å². The Labute approximate surface area is 95.2 Å². The summed E-state index contributed by atoms with van der Waals surface area (Å²) in [7, 11) is 0. The second-order valence-corrected chi connectivity index (χ2v) is 4.03. The highest BCUT2D eigenvalue weighted by atomic mass is 14.9. The molecule has 15 heavy (non-hydrogen) atoms. The van der Waals surface area contributed by atoms with Crippen molar-refractivity contribution >= 4 is 0 Å². The van der Waals surface area contributed by atoms with Crippen LogP contribution in [0.15, 0.2) is 0 Å². The zero-order valence-electron chi connectivity index (χ0n) is 10.4. The first-order valence-electron chi connectivity index (χ1n) is 6.53. The molecule has 2 fully saturated rings. The van der Waals surface area contributed by atoms with Crippen molar-refractivity contribution in [1.29, 1.82) is 0 Å².